The summed E-state index contributed by atoms with van der Waals surface area (Å²) >= 11 is 0. The lowest BCUT2D eigenvalue weighted by atomic mass is 9.31. The quantitative estimate of drug-likeness (QED) is 0.172. The highest BCUT2D eigenvalue weighted by Gasteiger charge is 2.71. The first-order chi connectivity index (χ1) is 28.4. The number of aliphatic hydroxyl groups is 7. The summed E-state index contributed by atoms with van der Waals surface area (Å²) in [5.74, 6) is 0.785. The lowest BCUT2D eigenvalue weighted by molar-refractivity contribution is -0.371. The third kappa shape index (κ3) is 7.29. The predicted octanol–water partition coefficient (Wildman–Crippen LogP) is 3.09. The summed E-state index contributed by atoms with van der Waals surface area (Å²) in [4.78, 5) is 13.1. The lowest BCUT2D eigenvalue weighted by Gasteiger charge is -2.73. The van der Waals surface area contributed by atoms with E-state index in [9.17, 15) is 45.6 Å². The summed E-state index contributed by atoms with van der Waals surface area (Å²) in [6, 6.07) is 0. The van der Waals surface area contributed by atoms with Crippen LogP contribution in [0.15, 0.2) is 0 Å². The van der Waals surface area contributed by atoms with Crippen LogP contribution in [0.1, 0.15) is 126 Å². The van der Waals surface area contributed by atoms with Crippen molar-refractivity contribution in [3.05, 3.63) is 0 Å². The van der Waals surface area contributed by atoms with Gasteiger partial charge in [0.15, 0.2) is 18.9 Å². The first-order valence-corrected chi connectivity index (χ1v) is 23.3. The van der Waals surface area contributed by atoms with Gasteiger partial charge < -0.3 is 69.3 Å². The molecule has 0 bridgehead atoms. The molecule has 22 unspecified atom stereocenters. The van der Waals surface area contributed by atoms with E-state index in [4.69, 9.17) is 28.4 Å². The molecule has 15 nitrogen and oxygen atoms in total. The van der Waals surface area contributed by atoms with Crippen molar-refractivity contribution in [1.29, 1.82) is 0 Å². The Hall–Kier alpha value is -1.05. The van der Waals surface area contributed by atoms with E-state index in [0.717, 1.165) is 70.6 Å². The molecule has 22 atom stereocenters. The Labute approximate surface area is 360 Å². The number of carboxylic acid groups (broad SMARTS) is 1. The minimum atomic E-state index is -1.68. The molecule has 3 heterocycles. The second kappa shape index (κ2) is 16.1. The fourth-order valence-corrected chi connectivity index (χ4v) is 15.3. The number of ether oxygens (including phenoxy) is 6. The zero-order valence-corrected chi connectivity index (χ0v) is 37.5. The van der Waals surface area contributed by atoms with Gasteiger partial charge in [-0.25, -0.2) is 0 Å². The third-order valence-electron chi connectivity index (χ3n) is 19.2. The lowest BCUT2D eigenvalue weighted by Crippen LogP contribution is -2.68. The highest BCUT2D eigenvalue weighted by molar-refractivity contribution is 5.75. The van der Waals surface area contributed by atoms with Gasteiger partial charge >= 0.3 is 5.97 Å². The maximum absolute atomic E-state index is 13.1. The van der Waals surface area contributed by atoms with Gasteiger partial charge in [-0.1, -0.05) is 48.5 Å². The average molecular weight is 869 g/mol. The number of hydrogen-bond acceptors (Lipinski definition) is 14. The van der Waals surface area contributed by atoms with Gasteiger partial charge in [0, 0.05) is 0 Å². The normalized spacial score (nSPS) is 55.6. The van der Waals surface area contributed by atoms with E-state index >= 15 is 0 Å². The van der Waals surface area contributed by atoms with Gasteiger partial charge in [0.2, 0.25) is 0 Å². The van der Waals surface area contributed by atoms with Crippen LogP contribution in [0.2, 0.25) is 0 Å². The van der Waals surface area contributed by atoms with Crippen molar-refractivity contribution >= 4 is 5.97 Å². The van der Waals surface area contributed by atoms with Gasteiger partial charge in [-0.05, 0) is 128 Å². The fourth-order valence-electron chi connectivity index (χ4n) is 15.3. The Kier molecular flexibility index (Phi) is 12.3. The molecule has 0 amide bonds. The van der Waals surface area contributed by atoms with Gasteiger partial charge in [-0.2, -0.15) is 0 Å². The third-order valence-corrected chi connectivity index (χ3v) is 19.2. The zero-order valence-electron chi connectivity index (χ0n) is 37.5. The molecule has 8 rings (SSSR count). The van der Waals surface area contributed by atoms with Crippen LogP contribution in [0.5, 0.6) is 0 Å². The van der Waals surface area contributed by atoms with E-state index in [1.165, 1.54) is 6.92 Å². The first-order valence-electron chi connectivity index (χ1n) is 23.3. The van der Waals surface area contributed by atoms with Crippen LogP contribution in [0, 0.1) is 56.2 Å². The fraction of sp³-hybridized carbons (Fsp3) is 0.978. The van der Waals surface area contributed by atoms with Crippen molar-refractivity contribution in [3.63, 3.8) is 0 Å². The molecular weight excluding hydrogens is 792 g/mol. The van der Waals surface area contributed by atoms with Crippen molar-refractivity contribution < 1.29 is 74.1 Å². The molecule has 3 saturated heterocycles. The molecule has 0 aromatic heterocycles. The van der Waals surface area contributed by atoms with Gasteiger partial charge in [0.25, 0.3) is 0 Å². The molecule has 0 aromatic rings. The minimum absolute atomic E-state index is 0.0241. The SMILES string of the molecule is CC1OC(OC2C(O)COC(OC3CCC4(C)C(CCC5(C)C4CCC4C6CC(C)(C)CCC6(C(=O)O)CCC45C)C3(C)C)C2O)C(O)C(OC2OCC(O)C(O)C2O)C1O. The molecule has 15 heteroatoms. The minimum Gasteiger partial charge on any atom is -0.481 e. The van der Waals surface area contributed by atoms with Gasteiger partial charge in [0.05, 0.1) is 30.8 Å². The van der Waals surface area contributed by atoms with E-state index in [2.05, 4.69) is 48.5 Å². The predicted molar refractivity (Wildman–Crippen MR) is 217 cm³/mol. The number of rotatable bonds is 7. The largest absolute Gasteiger partial charge is 0.481 e. The Morgan fingerprint density at radius 3 is 1.89 bits per heavy atom. The van der Waals surface area contributed by atoms with Gasteiger partial charge in [-0.3, -0.25) is 4.79 Å². The number of hydrogen-bond donors (Lipinski definition) is 8. The summed E-state index contributed by atoms with van der Waals surface area (Å²) in [6.07, 6.45) is -8.23. The molecule has 8 N–H and O–H groups in total. The molecule has 0 aromatic carbocycles. The van der Waals surface area contributed by atoms with Crippen LogP contribution < -0.4 is 0 Å². The van der Waals surface area contributed by atoms with Crippen molar-refractivity contribution in [2.75, 3.05) is 13.2 Å². The van der Waals surface area contributed by atoms with E-state index in [-0.39, 0.29) is 52.3 Å². The van der Waals surface area contributed by atoms with Crippen LogP contribution in [-0.2, 0) is 33.2 Å². The highest BCUT2D eigenvalue weighted by Crippen LogP contribution is 2.77. The van der Waals surface area contributed by atoms with Crippen LogP contribution >= 0.6 is 0 Å². The summed E-state index contributed by atoms with van der Waals surface area (Å²) in [6.45, 7) is 17.7. The van der Waals surface area contributed by atoms with Crippen LogP contribution in [0.4, 0.5) is 0 Å². The summed E-state index contributed by atoms with van der Waals surface area (Å²) in [5.41, 5.74) is -0.644. The molecule has 5 aliphatic carbocycles. The molecule has 3 aliphatic heterocycles. The maximum atomic E-state index is 13.1. The van der Waals surface area contributed by atoms with Crippen molar-refractivity contribution in [3.8, 4) is 0 Å². The van der Waals surface area contributed by atoms with Crippen LogP contribution in [0.3, 0.4) is 0 Å². The Bertz CT molecular complexity index is 1610. The van der Waals surface area contributed by atoms with Gasteiger partial charge in [0.1, 0.15) is 54.9 Å². The van der Waals surface area contributed by atoms with Crippen molar-refractivity contribution in [2.24, 2.45) is 56.2 Å². The van der Waals surface area contributed by atoms with E-state index in [0.29, 0.717) is 17.8 Å². The average Bonchev–Trinajstić information content (AvgIpc) is 3.18. The Balaban J connectivity index is 0.951. The molecule has 0 radical (unpaired) electrons. The van der Waals surface area contributed by atoms with Gasteiger partial charge in [-0.15, -0.1) is 0 Å². The van der Waals surface area contributed by atoms with Crippen LogP contribution in [-0.4, -0.2) is 146 Å². The van der Waals surface area contributed by atoms with E-state index < -0.39 is 91.3 Å². The number of carbonyl (C=O) groups is 1. The maximum Gasteiger partial charge on any atom is 0.309 e. The molecule has 5 saturated carbocycles. The second-order valence-corrected chi connectivity index (χ2v) is 23.0. The zero-order chi connectivity index (χ0) is 44.4. The van der Waals surface area contributed by atoms with Crippen molar-refractivity contribution in [1.82, 2.24) is 0 Å². The molecular formula is C46H76O15. The van der Waals surface area contributed by atoms with E-state index in [1.54, 1.807) is 0 Å². The van der Waals surface area contributed by atoms with E-state index in [1.807, 2.05) is 0 Å². The smallest absolute Gasteiger partial charge is 0.309 e. The molecule has 8 aliphatic rings. The summed E-state index contributed by atoms with van der Waals surface area (Å²) < 4.78 is 35.7. The summed E-state index contributed by atoms with van der Waals surface area (Å²) in [7, 11) is 0. The topological polar surface area (TPSA) is 234 Å². The monoisotopic (exact) mass is 869 g/mol. The van der Waals surface area contributed by atoms with Crippen LogP contribution in [0.25, 0.3) is 0 Å². The standard InChI is InChI=1S/C46H76O15/c1-22-30(49)36(61-37-32(51)31(50)25(47)20-56-37)34(53)39(58-22)60-35-26(48)21-57-38(33(35)52)59-29-12-13-43(6)27(42(29,4)5)11-14-45(8)28(43)10-9-23-24-19-41(2,3)15-17-46(24,40(54)55)18-16-44(23,45)7/h22-39,47-53H,9-21H2,1-8H3,(H,54,55). The number of fused-ring (bicyclic) bond motifs is 7. The molecule has 61 heavy (non-hydrogen) atoms. The molecule has 350 valence electrons. The second-order valence-electron chi connectivity index (χ2n) is 23.0. The molecule has 0 spiro atoms. The number of aliphatic hydroxyl groups excluding tert-OH is 7. The summed E-state index contributed by atoms with van der Waals surface area (Å²) in [5, 5.41) is 86.2. The molecule has 8 fully saturated rings. The Morgan fingerprint density at radius 1 is 0.574 bits per heavy atom. The number of aliphatic carboxylic acids is 1. The highest BCUT2D eigenvalue weighted by atomic mass is 16.7. The Morgan fingerprint density at radius 2 is 1.20 bits per heavy atom. The first kappa shape index (κ1) is 46.5. The number of carboxylic acids is 1. The van der Waals surface area contributed by atoms with Crippen molar-refractivity contribution in [2.45, 2.75) is 212 Å².